The molecule has 0 fully saturated rings. The Hall–Kier alpha value is -3.29. The van der Waals surface area contributed by atoms with E-state index in [1.54, 1.807) is 14.2 Å². The SMILES string of the molecule is COc1cc(OC)c(Cl)c(N2CCN(C(C)C)Cc3c2ccc2ncc(-c4cn[nH]c4)cc32)c1. The van der Waals surface area contributed by atoms with Gasteiger partial charge in [0.2, 0.25) is 0 Å². The van der Waals surface area contributed by atoms with E-state index in [-0.39, 0.29) is 0 Å². The van der Waals surface area contributed by atoms with Crippen LogP contribution in [-0.4, -0.2) is 53.4 Å². The molecule has 176 valence electrons. The van der Waals surface area contributed by atoms with Gasteiger partial charge in [-0.1, -0.05) is 11.6 Å². The lowest BCUT2D eigenvalue weighted by atomic mass is 10.0. The van der Waals surface area contributed by atoms with Crippen LogP contribution in [0.25, 0.3) is 22.0 Å². The van der Waals surface area contributed by atoms with Gasteiger partial charge in [0, 0.05) is 72.4 Å². The average Bonchev–Trinajstić information content (AvgIpc) is 3.31. The molecule has 2 aromatic heterocycles. The Labute approximate surface area is 204 Å². The number of anilines is 2. The van der Waals surface area contributed by atoms with Crippen LogP contribution in [0.2, 0.25) is 5.02 Å². The zero-order valence-electron chi connectivity index (χ0n) is 19.8. The normalized spacial score (nSPS) is 14.4. The highest BCUT2D eigenvalue weighted by atomic mass is 35.5. The molecule has 0 amide bonds. The van der Waals surface area contributed by atoms with Crippen LogP contribution in [0.3, 0.4) is 0 Å². The summed E-state index contributed by atoms with van der Waals surface area (Å²) in [6.07, 6.45) is 5.61. The molecule has 1 N–H and O–H groups in total. The first-order valence-electron chi connectivity index (χ1n) is 11.3. The maximum Gasteiger partial charge on any atom is 0.143 e. The van der Waals surface area contributed by atoms with E-state index in [1.165, 1.54) is 5.56 Å². The van der Waals surface area contributed by atoms with Crippen molar-refractivity contribution in [3.8, 4) is 22.6 Å². The second kappa shape index (κ2) is 9.16. The maximum absolute atomic E-state index is 6.84. The number of pyridine rings is 1. The summed E-state index contributed by atoms with van der Waals surface area (Å²) >= 11 is 6.84. The zero-order chi connectivity index (χ0) is 23.8. The Morgan fingerprint density at radius 3 is 2.56 bits per heavy atom. The van der Waals surface area contributed by atoms with Crippen LogP contribution in [0.4, 0.5) is 11.4 Å². The summed E-state index contributed by atoms with van der Waals surface area (Å²) in [4.78, 5) is 9.52. The number of halogens is 1. The van der Waals surface area contributed by atoms with E-state index in [0.717, 1.165) is 53.0 Å². The molecule has 1 aliphatic heterocycles. The molecule has 0 radical (unpaired) electrons. The smallest absolute Gasteiger partial charge is 0.143 e. The number of aromatic nitrogens is 3. The molecule has 0 spiro atoms. The molecule has 0 bridgehead atoms. The summed E-state index contributed by atoms with van der Waals surface area (Å²) in [5, 5.41) is 8.69. The minimum absolute atomic E-state index is 0.392. The molecule has 0 unspecified atom stereocenters. The molecule has 0 saturated heterocycles. The van der Waals surface area contributed by atoms with Gasteiger partial charge >= 0.3 is 0 Å². The predicted octanol–water partition coefficient (Wildman–Crippen LogP) is 5.66. The van der Waals surface area contributed by atoms with Crippen LogP contribution in [-0.2, 0) is 6.54 Å². The molecule has 0 saturated carbocycles. The summed E-state index contributed by atoms with van der Waals surface area (Å²) in [6.45, 7) is 6.95. The molecule has 0 aliphatic carbocycles. The van der Waals surface area contributed by atoms with Crippen LogP contribution in [0, 0.1) is 0 Å². The molecular formula is C26H28ClN5O2. The van der Waals surface area contributed by atoms with Crippen molar-refractivity contribution in [3.05, 3.63) is 59.5 Å². The van der Waals surface area contributed by atoms with Crippen LogP contribution >= 0.6 is 11.6 Å². The summed E-state index contributed by atoms with van der Waals surface area (Å²) in [5.74, 6) is 1.29. The number of fused-ring (bicyclic) bond motifs is 3. The van der Waals surface area contributed by atoms with Gasteiger partial charge in [-0.25, -0.2) is 0 Å². The van der Waals surface area contributed by atoms with Crippen molar-refractivity contribution in [2.45, 2.75) is 26.4 Å². The predicted molar refractivity (Wildman–Crippen MR) is 136 cm³/mol. The van der Waals surface area contributed by atoms with Gasteiger partial charge in [-0.2, -0.15) is 5.10 Å². The zero-order valence-corrected chi connectivity index (χ0v) is 20.6. The van der Waals surface area contributed by atoms with E-state index in [1.807, 2.05) is 30.7 Å². The van der Waals surface area contributed by atoms with Crippen molar-refractivity contribution >= 4 is 33.9 Å². The molecule has 0 atom stereocenters. The number of rotatable bonds is 5. The molecule has 3 heterocycles. The van der Waals surface area contributed by atoms with E-state index >= 15 is 0 Å². The summed E-state index contributed by atoms with van der Waals surface area (Å²) < 4.78 is 11.1. The molecule has 8 heteroatoms. The minimum Gasteiger partial charge on any atom is -0.497 e. The fraction of sp³-hybridized carbons (Fsp3) is 0.308. The second-order valence-electron chi connectivity index (χ2n) is 8.72. The largest absolute Gasteiger partial charge is 0.497 e. The summed E-state index contributed by atoms with van der Waals surface area (Å²) in [7, 11) is 3.28. The van der Waals surface area contributed by atoms with Crippen LogP contribution in [0.5, 0.6) is 11.5 Å². The number of methoxy groups -OCH3 is 2. The monoisotopic (exact) mass is 477 g/mol. The minimum atomic E-state index is 0.392. The Balaban J connectivity index is 1.74. The lowest BCUT2D eigenvalue weighted by Gasteiger charge is -2.28. The lowest BCUT2D eigenvalue weighted by molar-refractivity contribution is 0.224. The molecule has 1 aliphatic rings. The van der Waals surface area contributed by atoms with Crippen molar-refractivity contribution in [2.24, 2.45) is 0 Å². The molecule has 7 nitrogen and oxygen atoms in total. The Kier molecular flexibility index (Phi) is 6.06. The third kappa shape index (κ3) is 3.95. The highest BCUT2D eigenvalue weighted by molar-refractivity contribution is 6.35. The van der Waals surface area contributed by atoms with E-state index in [2.05, 4.69) is 52.0 Å². The van der Waals surface area contributed by atoms with Crippen LogP contribution in [0.15, 0.2) is 48.9 Å². The first-order chi connectivity index (χ1) is 16.5. The Bertz CT molecular complexity index is 1320. The van der Waals surface area contributed by atoms with Crippen molar-refractivity contribution < 1.29 is 9.47 Å². The van der Waals surface area contributed by atoms with Crippen molar-refractivity contribution in [1.29, 1.82) is 0 Å². The third-order valence-corrected chi connectivity index (χ3v) is 6.90. The van der Waals surface area contributed by atoms with Crippen LogP contribution in [0.1, 0.15) is 19.4 Å². The first-order valence-corrected chi connectivity index (χ1v) is 11.7. The van der Waals surface area contributed by atoms with Gasteiger partial charge in [0.15, 0.2) is 0 Å². The maximum atomic E-state index is 6.84. The molecule has 34 heavy (non-hydrogen) atoms. The van der Waals surface area contributed by atoms with Gasteiger partial charge in [0.1, 0.15) is 16.5 Å². The topological polar surface area (TPSA) is 66.5 Å². The standard InChI is InChI=1S/C26H28ClN5O2/c1-16(2)31-7-8-32(24-10-19(33-3)11-25(34-4)26(24)27)23-6-5-22-20(21(23)15-31)9-17(12-28-22)18-13-29-30-14-18/h5-6,9-14,16H,7-8,15H2,1-4H3,(H,29,30). The van der Waals surface area contributed by atoms with E-state index < -0.39 is 0 Å². The lowest BCUT2D eigenvalue weighted by Crippen LogP contribution is -2.34. The van der Waals surface area contributed by atoms with Gasteiger partial charge in [0.05, 0.1) is 31.6 Å². The number of ether oxygens (including phenoxy) is 2. The van der Waals surface area contributed by atoms with E-state index in [0.29, 0.717) is 22.6 Å². The van der Waals surface area contributed by atoms with Crippen molar-refractivity contribution in [2.75, 3.05) is 32.2 Å². The highest BCUT2D eigenvalue weighted by Gasteiger charge is 2.27. The first kappa shape index (κ1) is 22.5. The molecular weight excluding hydrogens is 450 g/mol. The van der Waals surface area contributed by atoms with Gasteiger partial charge in [-0.3, -0.25) is 15.0 Å². The Morgan fingerprint density at radius 1 is 1.00 bits per heavy atom. The quantitative estimate of drug-likeness (QED) is 0.400. The van der Waals surface area contributed by atoms with Crippen molar-refractivity contribution in [3.63, 3.8) is 0 Å². The number of nitrogens with one attached hydrogen (secondary N) is 1. The third-order valence-electron chi connectivity index (χ3n) is 6.52. The van der Waals surface area contributed by atoms with E-state index in [9.17, 15) is 0 Å². The van der Waals surface area contributed by atoms with Crippen LogP contribution < -0.4 is 14.4 Å². The van der Waals surface area contributed by atoms with Gasteiger partial charge in [-0.15, -0.1) is 0 Å². The fourth-order valence-corrected chi connectivity index (χ4v) is 4.86. The van der Waals surface area contributed by atoms with E-state index in [4.69, 9.17) is 26.1 Å². The Morgan fingerprint density at radius 2 is 1.85 bits per heavy atom. The summed E-state index contributed by atoms with van der Waals surface area (Å²) in [5.41, 5.74) is 6.20. The number of hydrogen-bond acceptors (Lipinski definition) is 6. The number of nitrogens with zero attached hydrogens (tertiary/aromatic N) is 4. The average molecular weight is 478 g/mol. The number of hydrogen-bond donors (Lipinski definition) is 1. The highest BCUT2D eigenvalue weighted by Crippen LogP contribution is 2.44. The van der Waals surface area contributed by atoms with Gasteiger partial charge < -0.3 is 14.4 Å². The number of H-pyrrole nitrogens is 1. The van der Waals surface area contributed by atoms with Gasteiger partial charge in [-0.05, 0) is 37.6 Å². The molecule has 4 aromatic rings. The van der Waals surface area contributed by atoms with Crippen molar-refractivity contribution in [1.82, 2.24) is 20.1 Å². The van der Waals surface area contributed by atoms with Gasteiger partial charge in [0.25, 0.3) is 0 Å². The fourth-order valence-electron chi connectivity index (χ4n) is 4.58. The molecule has 5 rings (SSSR count). The number of benzene rings is 2. The molecule has 2 aromatic carbocycles. The number of aromatic amines is 1. The summed E-state index contributed by atoms with van der Waals surface area (Å²) in [6, 6.07) is 10.6. The second-order valence-corrected chi connectivity index (χ2v) is 9.10.